The van der Waals surface area contributed by atoms with Crippen molar-refractivity contribution in [3.63, 3.8) is 0 Å². The zero-order chi connectivity index (χ0) is 14.0. The van der Waals surface area contributed by atoms with Crippen LogP contribution in [0.2, 0.25) is 0 Å². The predicted octanol–water partition coefficient (Wildman–Crippen LogP) is 3.30. The molecule has 0 aromatic carbocycles. The Bertz CT molecular complexity index is 461. The van der Waals surface area contributed by atoms with Crippen molar-refractivity contribution in [1.29, 1.82) is 0 Å². The summed E-state index contributed by atoms with van der Waals surface area (Å²) < 4.78 is 0. The molecule has 0 spiro atoms. The fourth-order valence-corrected chi connectivity index (χ4v) is 4.30. The van der Waals surface area contributed by atoms with E-state index < -0.39 is 5.97 Å². The van der Waals surface area contributed by atoms with Gasteiger partial charge in [-0.15, -0.1) is 0 Å². The fraction of sp³-hybridized carbons (Fsp3) is 0.692. The highest BCUT2D eigenvalue weighted by Crippen LogP contribution is 2.34. The summed E-state index contributed by atoms with van der Waals surface area (Å²) in [5.41, 5.74) is 0.750. The van der Waals surface area contributed by atoms with Gasteiger partial charge in [0.05, 0.1) is 5.69 Å². The largest absolute Gasteiger partial charge is 0.477 e. The van der Waals surface area contributed by atoms with E-state index in [9.17, 15) is 9.90 Å². The summed E-state index contributed by atoms with van der Waals surface area (Å²) in [5, 5.41) is 10.2. The summed E-state index contributed by atoms with van der Waals surface area (Å²) >= 11 is 3.28. The van der Waals surface area contributed by atoms with Crippen molar-refractivity contribution in [2.45, 2.75) is 39.2 Å². The van der Waals surface area contributed by atoms with Crippen molar-refractivity contribution in [1.82, 2.24) is 4.98 Å². The normalized spacial score (nSPS) is 21.4. The Morgan fingerprint density at radius 3 is 2.95 bits per heavy atom. The van der Waals surface area contributed by atoms with Gasteiger partial charge in [0, 0.05) is 24.1 Å². The van der Waals surface area contributed by atoms with Crippen LogP contribution < -0.4 is 4.90 Å². The van der Waals surface area contributed by atoms with Gasteiger partial charge in [-0.1, -0.05) is 25.2 Å². The van der Waals surface area contributed by atoms with Gasteiger partial charge in [0.25, 0.3) is 0 Å². The molecule has 1 aliphatic heterocycles. The molecule has 1 aromatic rings. The zero-order valence-electron chi connectivity index (χ0n) is 11.5. The van der Waals surface area contributed by atoms with E-state index in [-0.39, 0.29) is 5.92 Å². The first-order chi connectivity index (χ1) is 9.04. The lowest BCUT2D eigenvalue weighted by atomic mass is 10.0. The summed E-state index contributed by atoms with van der Waals surface area (Å²) in [6.45, 7) is 7.24. The Labute approximate surface area is 122 Å². The summed E-state index contributed by atoms with van der Waals surface area (Å²) in [4.78, 5) is 18.7. The van der Waals surface area contributed by atoms with Gasteiger partial charge in [0.2, 0.25) is 0 Å². The molecule has 2 heterocycles. The van der Waals surface area contributed by atoms with Crippen LogP contribution in [0, 0.1) is 0 Å². The molecule has 106 valence electrons. The van der Waals surface area contributed by atoms with E-state index in [0.29, 0.717) is 10.9 Å². The Kier molecular flexibility index (Phi) is 4.73. The van der Waals surface area contributed by atoms with Crippen LogP contribution in [0.1, 0.15) is 48.5 Å². The molecule has 2 rings (SSSR count). The van der Waals surface area contributed by atoms with Crippen molar-refractivity contribution in [3.8, 4) is 0 Å². The second-order valence-electron chi connectivity index (χ2n) is 4.94. The van der Waals surface area contributed by atoms with E-state index in [0.717, 1.165) is 35.3 Å². The average molecular weight is 300 g/mol. The van der Waals surface area contributed by atoms with Gasteiger partial charge in [-0.25, -0.2) is 9.78 Å². The minimum atomic E-state index is -0.849. The van der Waals surface area contributed by atoms with Crippen LogP contribution in [-0.4, -0.2) is 40.2 Å². The SMILES string of the molecule is CCC(C)c1nc(N2CCSCC2C)sc1C(=O)O. The van der Waals surface area contributed by atoms with Gasteiger partial charge < -0.3 is 10.0 Å². The van der Waals surface area contributed by atoms with Crippen LogP contribution in [0.15, 0.2) is 0 Å². The highest BCUT2D eigenvalue weighted by molar-refractivity contribution is 7.99. The molecule has 2 atom stereocenters. The van der Waals surface area contributed by atoms with Gasteiger partial charge in [0.15, 0.2) is 5.13 Å². The lowest BCUT2D eigenvalue weighted by Crippen LogP contribution is -2.40. The van der Waals surface area contributed by atoms with Gasteiger partial charge >= 0.3 is 5.97 Å². The smallest absolute Gasteiger partial charge is 0.347 e. The first-order valence-corrected chi connectivity index (χ1v) is 8.60. The number of hydrogen-bond donors (Lipinski definition) is 1. The molecular weight excluding hydrogens is 280 g/mol. The predicted molar refractivity (Wildman–Crippen MR) is 81.9 cm³/mol. The topological polar surface area (TPSA) is 53.4 Å². The second-order valence-corrected chi connectivity index (χ2v) is 7.07. The molecule has 0 aliphatic carbocycles. The van der Waals surface area contributed by atoms with Crippen molar-refractivity contribution < 1.29 is 9.90 Å². The standard InChI is InChI=1S/C13H20N2O2S2/c1-4-8(2)10-11(12(16)17)19-13(14-10)15-5-6-18-7-9(15)3/h8-9H,4-7H2,1-3H3,(H,16,17). The Morgan fingerprint density at radius 2 is 2.37 bits per heavy atom. The van der Waals surface area contributed by atoms with E-state index in [4.69, 9.17) is 0 Å². The van der Waals surface area contributed by atoms with Crippen molar-refractivity contribution >= 4 is 34.2 Å². The molecule has 1 aliphatic rings. The number of thiazole rings is 1. The molecule has 19 heavy (non-hydrogen) atoms. The molecule has 0 amide bonds. The maximum Gasteiger partial charge on any atom is 0.347 e. The summed E-state index contributed by atoms with van der Waals surface area (Å²) in [5.74, 6) is 1.52. The number of anilines is 1. The number of carbonyl (C=O) groups is 1. The van der Waals surface area contributed by atoms with E-state index >= 15 is 0 Å². The molecule has 1 aromatic heterocycles. The van der Waals surface area contributed by atoms with Gasteiger partial charge in [-0.05, 0) is 19.3 Å². The molecule has 6 heteroatoms. The third kappa shape index (κ3) is 3.05. The van der Waals surface area contributed by atoms with E-state index in [1.165, 1.54) is 11.3 Å². The third-order valence-electron chi connectivity index (χ3n) is 3.53. The molecule has 1 N–H and O–H groups in total. The van der Waals surface area contributed by atoms with Crippen LogP contribution in [0.25, 0.3) is 0 Å². The van der Waals surface area contributed by atoms with E-state index in [2.05, 4.69) is 23.7 Å². The van der Waals surface area contributed by atoms with Crippen LogP contribution in [0.3, 0.4) is 0 Å². The average Bonchev–Trinajstić information content (AvgIpc) is 2.83. The summed E-state index contributed by atoms with van der Waals surface area (Å²) in [6, 6.07) is 0.427. The number of carboxylic acids is 1. The maximum absolute atomic E-state index is 11.4. The number of aromatic nitrogens is 1. The van der Waals surface area contributed by atoms with Crippen LogP contribution in [0.5, 0.6) is 0 Å². The number of thioether (sulfide) groups is 1. The van der Waals surface area contributed by atoms with Crippen LogP contribution in [0.4, 0.5) is 5.13 Å². The summed E-state index contributed by atoms with van der Waals surface area (Å²) in [6.07, 6.45) is 0.912. The lowest BCUT2D eigenvalue weighted by Gasteiger charge is -2.32. The van der Waals surface area contributed by atoms with Crippen molar-refractivity contribution in [3.05, 3.63) is 10.6 Å². The Hall–Kier alpha value is -0.750. The molecule has 1 fully saturated rings. The second kappa shape index (κ2) is 6.13. The van der Waals surface area contributed by atoms with Gasteiger partial charge in [0.1, 0.15) is 4.88 Å². The quantitative estimate of drug-likeness (QED) is 0.924. The van der Waals surface area contributed by atoms with Gasteiger partial charge in [-0.3, -0.25) is 0 Å². The molecule has 0 saturated carbocycles. The third-order valence-corrected chi connectivity index (χ3v) is 5.81. The first-order valence-electron chi connectivity index (χ1n) is 6.63. The van der Waals surface area contributed by atoms with Crippen LogP contribution in [-0.2, 0) is 0 Å². The monoisotopic (exact) mass is 300 g/mol. The molecule has 0 radical (unpaired) electrons. The van der Waals surface area contributed by atoms with Crippen molar-refractivity contribution in [2.24, 2.45) is 0 Å². The van der Waals surface area contributed by atoms with E-state index in [1.54, 1.807) is 0 Å². The Morgan fingerprint density at radius 1 is 1.63 bits per heavy atom. The number of rotatable bonds is 4. The number of nitrogens with zero attached hydrogens (tertiary/aromatic N) is 2. The summed E-state index contributed by atoms with van der Waals surface area (Å²) in [7, 11) is 0. The molecule has 1 saturated heterocycles. The number of carboxylic acid groups (broad SMARTS) is 1. The molecular formula is C13H20N2O2S2. The fourth-order valence-electron chi connectivity index (χ4n) is 2.13. The zero-order valence-corrected chi connectivity index (χ0v) is 13.2. The highest BCUT2D eigenvalue weighted by atomic mass is 32.2. The Balaban J connectivity index is 2.33. The van der Waals surface area contributed by atoms with Gasteiger partial charge in [-0.2, -0.15) is 11.8 Å². The maximum atomic E-state index is 11.4. The highest BCUT2D eigenvalue weighted by Gasteiger charge is 2.27. The first kappa shape index (κ1) is 14.7. The van der Waals surface area contributed by atoms with Crippen molar-refractivity contribution in [2.75, 3.05) is 23.0 Å². The molecule has 2 unspecified atom stereocenters. The van der Waals surface area contributed by atoms with E-state index in [1.807, 2.05) is 18.7 Å². The van der Waals surface area contributed by atoms with Crippen LogP contribution >= 0.6 is 23.1 Å². The number of hydrogen-bond acceptors (Lipinski definition) is 5. The number of aromatic carboxylic acids is 1. The molecule has 0 bridgehead atoms. The lowest BCUT2D eigenvalue weighted by molar-refractivity contribution is 0.0700. The minimum Gasteiger partial charge on any atom is -0.477 e. The minimum absolute atomic E-state index is 0.200. The molecule has 4 nitrogen and oxygen atoms in total.